The van der Waals surface area contributed by atoms with Gasteiger partial charge >= 0.3 is 0 Å². The Bertz CT molecular complexity index is 304. The van der Waals surface area contributed by atoms with Gasteiger partial charge in [-0.25, -0.2) is 0 Å². The van der Waals surface area contributed by atoms with Crippen molar-refractivity contribution in [2.75, 3.05) is 18.4 Å². The molecule has 0 radical (unpaired) electrons. The third-order valence-electron chi connectivity index (χ3n) is 1.98. The molecular weight excluding hydrogens is 263 g/mol. The van der Waals surface area contributed by atoms with Crippen LogP contribution >= 0.6 is 27.5 Å². The van der Waals surface area contributed by atoms with Crippen molar-refractivity contribution in [2.24, 2.45) is 11.7 Å². The summed E-state index contributed by atoms with van der Waals surface area (Å²) in [5.41, 5.74) is 6.54. The first kappa shape index (κ1) is 11.8. The summed E-state index contributed by atoms with van der Waals surface area (Å²) in [6.45, 7) is 3.67. The monoisotopic (exact) mass is 276 g/mol. The lowest BCUT2D eigenvalue weighted by molar-refractivity contribution is 0.628. The van der Waals surface area contributed by atoms with E-state index < -0.39 is 0 Å². The predicted octanol–water partition coefficient (Wildman–Crippen LogP) is 3.11. The van der Waals surface area contributed by atoms with Crippen LogP contribution in [0.15, 0.2) is 22.7 Å². The molecule has 4 heteroatoms. The molecule has 0 saturated carbocycles. The lowest BCUT2D eigenvalue weighted by Crippen LogP contribution is -2.19. The van der Waals surface area contributed by atoms with E-state index in [4.69, 9.17) is 17.3 Å². The molecule has 1 atom stereocenters. The third kappa shape index (κ3) is 3.48. The van der Waals surface area contributed by atoms with Gasteiger partial charge in [-0.05, 0) is 46.6 Å². The van der Waals surface area contributed by atoms with Gasteiger partial charge in [-0.1, -0.05) is 18.5 Å². The molecule has 78 valence electrons. The predicted molar refractivity (Wildman–Crippen MR) is 65.9 cm³/mol. The van der Waals surface area contributed by atoms with Gasteiger partial charge in [-0.15, -0.1) is 0 Å². The average molecular weight is 278 g/mol. The number of anilines is 1. The van der Waals surface area contributed by atoms with E-state index in [9.17, 15) is 0 Å². The van der Waals surface area contributed by atoms with Crippen LogP contribution in [0.1, 0.15) is 6.92 Å². The lowest BCUT2D eigenvalue weighted by Gasteiger charge is -2.11. The van der Waals surface area contributed by atoms with Gasteiger partial charge in [0.1, 0.15) is 0 Å². The maximum atomic E-state index is 5.95. The van der Waals surface area contributed by atoms with E-state index in [0.29, 0.717) is 12.5 Å². The summed E-state index contributed by atoms with van der Waals surface area (Å²) in [5.74, 6) is 0.470. The first-order valence-electron chi connectivity index (χ1n) is 4.52. The SMILES string of the molecule is CC(CN)CNc1ccc(Br)c(Cl)c1. The number of rotatable bonds is 4. The summed E-state index contributed by atoms with van der Waals surface area (Å²) in [7, 11) is 0. The van der Waals surface area contributed by atoms with Crippen molar-refractivity contribution in [1.82, 2.24) is 0 Å². The van der Waals surface area contributed by atoms with Gasteiger partial charge in [0, 0.05) is 16.7 Å². The van der Waals surface area contributed by atoms with Crippen molar-refractivity contribution in [3.05, 3.63) is 27.7 Å². The van der Waals surface area contributed by atoms with Crippen LogP contribution < -0.4 is 11.1 Å². The average Bonchev–Trinajstić information content (AvgIpc) is 2.19. The van der Waals surface area contributed by atoms with Crippen molar-refractivity contribution in [3.8, 4) is 0 Å². The van der Waals surface area contributed by atoms with Gasteiger partial charge in [0.2, 0.25) is 0 Å². The van der Waals surface area contributed by atoms with E-state index in [1.807, 2.05) is 18.2 Å². The summed E-state index contributed by atoms with van der Waals surface area (Å²) in [4.78, 5) is 0. The summed E-state index contributed by atoms with van der Waals surface area (Å²) in [6, 6.07) is 5.81. The van der Waals surface area contributed by atoms with Crippen LogP contribution in [0.2, 0.25) is 5.02 Å². The lowest BCUT2D eigenvalue weighted by atomic mass is 10.2. The summed E-state index contributed by atoms with van der Waals surface area (Å²) in [5, 5.41) is 4.00. The topological polar surface area (TPSA) is 38.0 Å². The zero-order valence-corrected chi connectivity index (χ0v) is 10.4. The fourth-order valence-corrected chi connectivity index (χ4v) is 1.41. The van der Waals surface area contributed by atoms with Crippen LogP contribution in [0.25, 0.3) is 0 Å². The molecular formula is C10H14BrClN2. The van der Waals surface area contributed by atoms with Crippen LogP contribution in [0.4, 0.5) is 5.69 Å². The van der Waals surface area contributed by atoms with Crippen molar-refractivity contribution < 1.29 is 0 Å². The molecule has 14 heavy (non-hydrogen) atoms. The molecule has 0 bridgehead atoms. The minimum Gasteiger partial charge on any atom is -0.385 e. The second-order valence-electron chi connectivity index (χ2n) is 3.35. The largest absolute Gasteiger partial charge is 0.385 e. The molecule has 0 heterocycles. The highest BCUT2D eigenvalue weighted by Gasteiger charge is 2.01. The fourth-order valence-electron chi connectivity index (χ4n) is 0.982. The molecule has 0 aliphatic rings. The van der Waals surface area contributed by atoms with Gasteiger partial charge in [0.05, 0.1) is 5.02 Å². The smallest absolute Gasteiger partial charge is 0.0568 e. The summed E-state index contributed by atoms with van der Waals surface area (Å²) >= 11 is 9.29. The molecule has 1 aromatic rings. The van der Waals surface area contributed by atoms with E-state index in [0.717, 1.165) is 21.7 Å². The standard InChI is InChI=1S/C10H14BrClN2/c1-7(5-13)6-14-8-2-3-9(11)10(12)4-8/h2-4,7,14H,5-6,13H2,1H3. The van der Waals surface area contributed by atoms with Crippen LogP contribution in [0.5, 0.6) is 0 Å². The number of nitrogens with two attached hydrogens (primary N) is 1. The van der Waals surface area contributed by atoms with Crippen molar-refractivity contribution >= 4 is 33.2 Å². The molecule has 2 nitrogen and oxygen atoms in total. The van der Waals surface area contributed by atoms with Gasteiger partial charge in [0.15, 0.2) is 0 Å². The Labute approximate surface area is 98.0 Å². The molecule has 0 saturated heterocycles. The first-order valence-corrected chi connectivity index (χ1v) is 5.69. The maximum Gasteiger partial charge on any atom is 0.0568 e. The van der Waals surface area contributed by atoms with E-state index in [1.54, 1.807) is 0 Å². The summed E-state index contributed by atoms with van der Waals surface area (Å²) < 4.78 is 0.914. The van der Waals surface area contributed by atoms with Gasteiger partial charge in [-0.3, -0.25) is 0 Å². The second-order valence-corrected chi connectivity index (χ2v) is 4.61. The van der Waals surface area contributed by atoms with E-state index in [1.165, 1.54) is 0 Å². The Morgan fingerprint density at radius 1 is 1.57 bits per heavy atom. The maximum absolute atomic E-state index is 5.95. The molecule has 0 amide bonds. The number of halogens is 2. The number of hydrogen-bond donors (Lipinski definition) is 2. The van der Waals surface area contributed by atoms with E-state index in [-0.39, 0.29) is 0 Å². The summed E-state index contributed by atoms with van der Waals surface area (Å²) in [6.07, 6.45) is 0. The second kappa shape index (κ2) is 5.59. The van der Waals surface area contributed by atoms with Gasteiger partial charge in [-0.2, -0.15) is 0 Å². The Hall–Kier alpha value is -0.250. The zero-order chi connectivity index (χ0) is 10.6. The van der Waals surface area contributed by atoms with E-state index >= 15 is 0 Å². The molecule has 3 N–H and O–H groups in total. The minimum atomic E-state index is 0.470. The number of benzene rings is 1. The fraction of sp³-hybridized carbons (Fsp3) is 0.400. The molecule has 0 aliphatic heterocycles. The van der Waals surface area contributed by atoms with Crippen LogP contribution in [-0.2, 0) is 0 Å². The molecule has 0 aliphatic carbocycles. The van der Waals surface area contributed by atoms with Crippen LogP contribution in [0, 0.1) is 5.92 Å². The van der Waals surface area contributed by atoms with Gasteiger partial charge in [0.25, 0.3) is 0 Å². The highest BCUT2D eigenvalue weighted by atomic mass is 79.9. The van der Waals surface area contributed by atoms with Crippen LogP contribution in [-0.4, -0.2) is 13.1 Å². The first-order chi connectivity index (χ1) is 6.63. The molecule has 1 aromatic carbocycles. The highest BCUT2D eigenvalue weighted by Crippen LogP contribution is 2.25. The molecule has 1 unspecified atom stereocenters. The molecule has 1 rings (SSSR count). The van der Waals surface area contributed by atoms with Crippen molar-refractivity contribution in [1.29, 1.82) is 0 Å². The Morgan fingerprint density at radius 2 is 2.29 bits per heavy atom. The Balaban J connectivity index is 2.55. The number of nitrogens with one attached hydrogen (secondary N) is 1. The van der Waals surface area contributed by atoms with Crippen molar-refractivity contribution in [3.63, 3.8) is 0 Å². The minimum absolute atomic E-state index is 0.470. The number of hydrogen-bond acceptors (Lipinski definition) is 2. The Morgan fingerprint density at radius 3 is 2.86 bits per heavy atom. The Kier molecular flexibility index (Phi) is 4.72. The normalized spacial score (nSPS) is 12.6. The van der Waals surface area contributed by atoms with Gasteiger partial charge < -0.3 is 11.1 Å². The molecule has 0 aromatic heterocycles. The zero-order valence-electron chi connectivity index (χ0n) is 8.06. The quantitative estimate of drug-likeness (QED) is 0.887. The third-order valence-corrected chi connectivity index (χ3v) is 3.21. The van der Waals surface area contributed by atoms with E-state index in [2.05, 4.69) is 28.2 Å². The van der Waals surface area contributed by atoms with Crippen molar-refractivity contribution in [2.45, 2.75) is 6.92 Å². The molecule has 0 fully saturated rings. The molecule has 0 spiro atoms. The van der Waals surface area contributed by atoms with Crippen LogP contribution in [0.3, 0.4) is 0 Å². The highest BCUT2D eigenvalue weighted by molar-refractivity contribution is 9.10.